The lowest BCUT2D eigenvalue weighted by Crippen LogP contribution is -2.14. The van der Waals surface area contributed by atoms with Crippen molar-refractivity contribution in [1.29, 1.82) is 0 Å². The van der Waals surface area contributed by atoms with Crippen molar-refractivity contribution in [1.82, 2.24) is 4.98 Å². The third-order valence-corrected chi connectivity index (χ3v) is 3.28. The zero-order valence-electron chi connectivity index (χ0n) is 11.3. The minimum absolute atomic E-state index is 0.0216. The smallest absolute Gasteiger partial charge is 0.226 e. The number of rotatable bonds is 5. The fourth-order valence-electron chi connectivity index (χ4n) is 1.72. The molecule has 0 unspecified atom stereocenters. The molecule has 0 aliphatic rings. The van der Waals surface area contributed by atoms with Crippen LogP contribution >= 0.6 is 15.9 Å². The number of Topliss-reactive ketones (excluding diaryl/α,β-unsaturated/α-hetero) is 1. The topological polar surface area (TPSA) is 79.3 Å². The highest BCUT2D eigenvalue weighted by molar-refractivity contribution is 9.10. The van der Waals surface area contributed by atoms with Gasteiger partial charge in [-0.15, -0.1) is 0 Å². The molecule has 114 valence electrons. The molecular weight excluding hydrogens is 355 g/mol. The van der Waals surface area contributed by atoms with Gasteiger partial charge in [0.1, 0.15) is 10.4 Å². The van der Waals surface area contributed by atoms with Gasteiger partial charge in [-0.3, -0.25) is 9.59 Å². The Morgan fingerprint density at radius 3 is 2.50 bits per heavy atom. The number of aromatic hydroxyl groups is 1. The van der Waals surface area contributed by atoms with Crippen LogP contribution in [0.3, 0.4) is 0 Å². The molecule has 0 bridgehead atoms. The predicted molar refractivity (Wildman–Crippen MR) is 82.2 cm³/mol. The monoisotopic (exact) mass is 366 g/mol. The van der Waals surface area contributed by atoms with Crippen molar-refractivity contribution >= 4 is 33.4 Å². The number of aromatic nitrogens is 1. The number of hydrogen-bond acceptors (Lipinski definition) is 4. The number of hydrogen-bond donors (Lipinski definition) is 2. The van der Waals surface area contributed by atoms with Crippen molar-refractivity contribution in [2.75, 3.05) is 5.32 Å². The Kier molecular flexibility index (Phi) is 5.21. The number of nitrogens with one attached hydrogen (secondary N) is 1. The molecule has 2 rings (SSSR count). The number of ketones is 1. The van der Waals surface area contributed by atoms with Crippen LogP contribution in [0, 0.1) is 5.82 Å². The molecule has 1 aromatic heterocycles. The van der Waals surface area contributed by atoms with E-state index in [-0.39, 0.29) is 30.2 Å². The molecule has 1 aromatic carbocycles. The van der Waals surface area contributed by atoms with Crippen LogP contribution in [-0.4, -0.2) is 21.8 Å². The van der Waals surface area contributed by atoms with E-state index in [1.807, 2.05) is 0 Å². The number of anilines is 1. The molecule has 0 atom stereocenters. The minimum Gasteiger partial charge on any atom is -0.504 e. The van der Waals surface area contributed by atoms with Crippen LogP contribution in [0.4, 0.5) is 10.2 Å². The molecule has 1 heterocycles. The van der Waals surface area contributed by atoms with E-state index in [2.05, 4.69) is 26.2 Å². The average molecular weight is 367 g/mol. The van der Waals surface area contributed by atoms with Gasteiger partial charge in [-0.2, -0.15) is 0 Å². The first kappa shape index (κ1) is 16.1. The van der Waals surface area contributed by atoms with E-state index in [9.17, 15) is 19.1 Å². The van der Waals surface area contributed by atoms with Gasteiger partial charge in [-0.1, -0.05) is 0 Å². The van der Waals surface area contributed by atoms with Gasteiger partial charge in [-0.25, -0.2) is 9.37 Å². The third-order valence-electron chi connectivity index (χ3n) is 2.84. The van der Waals surface area contributed by atoms with Crippen LogP contribution in [0.15, 0.2) is 41.0 Å². The highest BCUT2D eigenvalue weighted by Gasteiger charge is 2.12. The summed E-state index contributed by atoms with van der Waals surface area (Å²) in [5, 5.41) is 12.0. The molecule has 0 fully saturated rings. The fourth-order valence-corrected chi connectivity index (χ4v) is 2.03. The third kappa shape index (κ3) is 4.36. The summed E-state index contributed by atoms with van der Waals surface area (Å²) in [6.45, 7) is 0. The van der Waals surface area contributed by atoms with Crippen molar-refractivity contribution in [2.45, 2.75) is 12.8 Å². The molecule has 0 spiro atoms. The summed E-state index contributed by atoms with van der Waals surface area (Å²) in [5.74, 6) is -1.28. The maximum Gasteiger partial charge on any atom is 0.226 e. The molecule has 0 radical (unpaired) electrons. The molecule has 5 nitrogen and oxygen atoms in total. The number of carbonyl (C=O) groups is 2. The molecular formula is C15H12BrFN2O3. The minimum atomic E-state index is -0.448. The van der Waals surface area contributed by atoms with Gasteiger partial charge in [0, 0.05) is 18.4 Å². The lowest BCUT2D eigenvalue weighted by Gasteiger charge is -2.06. The molecule has 0 saturated heterocycles. The van der Waals surface area contributed by atoms with Crippen LogP contribution in [-0.2, 0) is 4.79 Å². The van der Waals surface area contributed by atoms with Crippen molar-refractivity contribution < 1.29 is 19.1 Å². The molecule has 1 amide bonds. The Hall–Kier alpha value is -2.28. The van der Waals surface area contributed by atoms with Gasteiger partial charge in [0.05, 0.1) is 0 Å². The van der Waals surface area contributed by atoms with Crippen LogP contribution < -0.4 is 5.32 Å². The maximum atomic E-state index is 12.8. The predicted octanol–water partition coefficient (Wildman–Crippen LogP) is 3.29. The quantitative estimate of drug-likeness (QED) is 0.628. The van der Waals surface area contributed by atoms with E-state index >= 15 is 0 Å². The van der Waals surface area contributed by atoms with Crippen LogP contribution in [0.1, 0.15) is 23.2 Å². The second-order valence-electron chi connectivity index (χ2n) is 4.48. The number of pyridine rings is 1. The molecule has 0 saturated carbocycles. The SMILES string of the molecule is O=C(CCC(=O)c1ccc(F)cc1)Nc1nc(Br)ccc1O. The lowest BCUT2D eigenvalue weighted by atomic mass is 10.1. The normalized spacial score (nSPS) is 10.3. The number of amides is 1. The Bertz CT molecular complexity index is 704. The van der Waals surface area contributed by atoms with Gasteiger partial charge in [0.15, 0.2) is 17.4 Å². The van der Waals surface area contributed by atoms with Gasteiger partial charge in [0.25, 0.3) is 0 Å². The van der Waals surface area contributed by atoms with Gasteiger partial charge < -0.3 is 10.4 Å². The summed E-state index contributed by atoms with van der Waals surface area (Å²) in [5.41, 5.74) is 0.345. The highest BCUT2D eigenvalue weighted by atomic mass is 79.9. The first-order chi connectivity index (χ1) is 10.5. The fraction of sp³-hybridized carbons (Fsp3) is 0.133. The van der Waals surface area contributed by atoms with Crippen LogP contribution in [0.5, 0.6) is 5.75 Å². The average Bonchev–Trinajstić information content (AvgIpc) is 2.49. The van der Waals surface area contributed by atoms with Gasteiger partial charge in [-0.05, 0) is 52.3 Å². The number of carbonyl (C=O) groups excluding carboxylic acids is 2. The Morgan fingerprint density at radius 1 is 1.14 bits per heavy atom. The molecule has 2 aromatic rings. The van der Waals surface area contributed by atoms with E-state index in [1.165, 1.54) is 36.4 Å². The summed E-state index contributed by atoms with van der Waals surface area (Å²) < 4.78 is 13.2. The summed E-state index contributed by atoms with van der Waals surface area (Å²) in [7, 11) is 0. The van der Waals surface area contributed by atoms with E-state index < -0.39 is 11.7 Å². The molecule has 2 N–H and O–H groups in total. The van der Waals surface area contributed by atoms with E-state index in [1.54, 1.807) is 0 Å². The maximum absolute atomic E-state index is 12.8. The molecule has 22 heavy (non-hydrogen) atoms. The van der Waals surface area contributed by atoms with E-state index in [4.69, 9.17) is 0 Å². The molecule has 0 aliphatic carbocycles. The second kappa shape index (κ2) is 7.13. The number of halogens is 2. The lowest BCUT2D eigenvalue weighted by molar-refractivity contribution is -0.116. The van der Waals surface area contributed by atoms with E-state index in [0.717, 1.165) is 0 Å². The van der Waals surface area contributed by atoms with Gasteiger partial charge in [0.2, 0.25) is 5.91 Å². The standard InChI is InChI=1S/C15H12BrFN2O3/c16-13-7-5-12(21)15(18-13)19-14(22)8-6-11(20)9-1-3-10(17)4-2-9/h1-5,7,21H,6,8H2,(H,18,19,22). The highest BCUT2D eigenvalue weighted by Crippen LogP contribution is 2.23. The largest absolute Gasteiger partial charge is 0.504 e. The van der Waals surface area contributed by atoms with Crippen molar-refractivity contribution in [3.8, 4) is 5.75 Å². The summed E-state index contributed by atoms with van der Waals surface area (Å²) in [4.78, 5) is 27.6. The first-order valence-corrected chi connectivity index (χ1v) is 7.19. The number of nitrogens with zero attached hydrogens (tertiary/aromatic N) is 1. The summed E-state index contributed by atoms with van der Waals surface area (Å²) >= 11 is 3.13. The number of benzene rings is 1. The first-order valence-electron chi connectivity index (χ1n) is 6.40. The van der Waals surface area contributed by atoms with Gasteiger partial charge >= 0.3 is 0 Å². The zero-order valence-corrected chi connectivity index (χ0v) is 12.9. The van der Waals surface area contributed by atoms with Crippen molar-refractivity contribution in [2.24, 2.45) is 0 Å². The molecule has 7 heteroatoms. The summed E-state index contributed by atoms with van der Waals surface area (Å²) in [6.07, 6.45) is -0.0872. The Labute approximate surface area is 134 Å². The summed E-state index contributed by atoms with van der Waals surface area (Å²) in [6, 6.07) is 8.04. The second-order valence-corrected chi connectivity index (χ2v) is 5.29. The van der Waals surface area contributed by atoms with Crippen molar-refractivity contribution in [3.63, 3.8) is 0 Å². The zero-order chi connectivity index (χ0) is 16.1. The Balaban J connectivity index is 1.91. The molecule has 0 aliphatic heterocycles. The Morgan fingerprint density at radius 2 is 1.82 bits per heavy atom. The van der Waals surface area contributed by atoms with Crippen LogP contribution in [0.25, 0.3) is 0 Å². The van der Waals surface area contributed by atoms with Crippen molar-refractivity contribution in [3.05, 3.63) is 52.4 Å². The van der Waals surface area contributed by atoms with E-state index in [0.29, 0.717) is 10.2 Å². The van der Waals surface area contributed by atoms with Crippen LogP contribution in [0.2, 0.25) is 0 Å².